The topological polar surface area (TPSA) is 28.4 Å². The van der Waals surface area contributed by atoms with Crippen LogP contribution >= 0.6 is 23.8 Å². The lowest BCUT2D eigenvalue weighted by molar-refractivity contribution is 0.360. The predicted molar refractivity (Wildman–Crippen MR) is 102 cm³/mol. The second kappa shape index (κ2) is 8.14. The van der Waals surface area contributed by atoms with Gasteiger partial charge >= 0.3 is 0 Å². The van der Waals surface area contributed by atoms with E-state index in [1.165, 1.54) is 12.1 Å². The third-order valence-corrected chi connectivity index (χ3v) is 4.18. The summed E-state index contributed by atoms with van der Waals surface area (Å²) in [6.07, 6.45) is 1.62. The van der Waals surface area contributed by atoms with E-state index in [-0.39, 0.29) is 5.82 Å². The smallest absolute Gasteiger partial charge is 0.174 e. The zero-order chi connectivity index (χ0) is 17.6. The van der Waals surface area contributed by atoms with Crippen LogP contribution in [0.2, 0.25) is 5.02 Å². The van der Waals surface area contributed by atoms with Gasteiger partial charge in [0.1, 0.15) is 11.6 Å². The van der Waals surface area contributed by atoms with E-state index in [4.69, 9.17) is 28.2 Å². The van der Waals surface area contributed by atoms with E-state index in [1.54, 1.807) is 24.5 Å². The van der Waals surface area contributed by atoms with E-state index >= 15 is 0 Å². The Morgan fingerprint density at radius 1 is 1.08 bits per heavy atom. The summed E-state index contributed by atoms with van der Waals surface area (Å²) in [5.41, 5.74) is 1.66. The van der Waals surface area contributed by atoms with Crippen molar-refractivity contribution in [2.24, 2.45) is 0 Å². The van der Waals surface area contributed by atoms with Gasteiger partial charge in [-0.05, 0) is 66.3 Å². The van der Waals surface area contributed by atoms with Crippen molar-refractivity contribution in [3.05, 3.63) is 89.1 Å². The molecule has 3 rings (SSSR count). The minimum Gasteiger partial charge on any atom is -0.467 e. The van der Waals surface area contributed by atoms with E-state index < -0.39 is 0 Å². The fraction of sp³-hybridized carbons (Fsp3) is 0.105. The molecule has 1 N–H and O–H groups in total. The Hall–Kier alpha value is -2.37. The minimum absolute atomic E-state index is 0.271. The number of benzene rings is 2. The lowest BCUT2D eigenvalue weighted by atomic mass is 10.2. The lowest BCUT2D eigenvalue weighted by Gasteiger charge is -2.25. The molecule has 3 aromatic rings. The predicted octanol–water partition coefficient (Wildman–Crippen LogP) is 5.47. The number of hydrogen-bond donors (Lipinski definition) is 1. The second-order valence-electron chi connectivity index (χ2n) is 5.50. The number of anilines is 1. The van der Waals surface area contributed by atoms with Crippen LogP contribution in [0.15, 0.2) is 71.3 Å². The average molecular weight is 375 g/mol. The number of furan rings is 1. The SMILES string of the molecule is Fc1cccc(CN(Cc2ccco2)C(=S)Nc2ccc(Cl)cc2)c1. The van der Waals surface area contributed by atoms with Crippen LogP contribution in [0.5, 0.6) is 0 Å². The van der Waals surface area contributed by atoms with E-state index in [2.05, 4.69) is 5.32 Å². The van der Waals surface area contributed by atoms with Gasteiger partial charge in [0.15, 0.2) is 5.11 Å². The van der Waals surface area contributed by atoms with Crippen molar-refractivity contribution in [3.63, 3.8) is 0 Å². The number of nitrogens with one attached hydrogen (secondary N) is 1. The van der Waals surface area contributed by atoms with E-state index in [0.717, 1.165) is 17.0 Å². The van der Waals surface area contributed by atoms with Gasteiger partial charge in [-0.15, -0.1) is 0 Å². The van der Waals surface area contributed by atoms with Crippen LogP contribution < -0.4 is 5.32 Å². The summed E-state index contributed by atoms with van der Waals surface area (Å²) in [6.45, 7) is 0.931. The maximum Gasteiger partial charge on any atom is 0.174 e. The minimum atomic E-state index is -0.271. The molecule has 0 spiro atoms. The molecule has 3 nitrogen and oxygen atoms in total. The third-order valence-electron chi connectivity index (χ3n) is 3.57. The van der Waals surface area contributed by atoms with Crippen LogP contribution in [0, 0.1) is 5.82 Å². The summed E-state index contributed by atoms with van der Waals surface area (Å²) in [4.78, 5) is 1.91. The zero-order valence-corrected chi connectivity index (χ0v) is 14.9. The molecule has 0 atom stereocenters. The first-order chi connectivity index (χ1) is 12.1. The van der Waals surface area contributed by atoms with Crippen molar-refractivity contribution >= 4 is 34.6 Å². The molecule has 2 aromatic carbocycles. The summed E-state index contributed by atoms with van der Waals surface area (Å²) < 4.78 is 18.9. The Bertz CT molecular complexity index is 837. The van der Waals surface area contributed by atoms with Crippen molar-refractivity contribution in [2.45, 2.75) is 13.1 Å². The van der Waals surface area contributed by atoms with E-state index in [0.29, 0.717) is 23.2 Å². The molecule has 0 unspecified atom stereocenters. The van der Waals surface area contributed by atoms with Gasteiger partial charge in [0.05, 0.1) is 12.8 Å². The first kappa shape index (κ1) is 17.5. The largest absolute Gasteiger partial charge is 0.467 e. The fourth-order valence-corrected chi connectivity index (χ4v) is 2.75. The summed E-state index contributed by atoms with van der Waals surface area (Å²) in [7, 11) is 0. The normalized spacial score (nSPS) is 10.5. The van der Waals surface area contributed by atoms with Crippen LogP contribution in [-0.2, 0) is 13.1 Å². The van der Waals surface area contributed by atoms with Crippen molar-refractivity contribution in [1.82, 2.24) is 4.90 Å². The molecular formula is C19H16ClFN2OS. The number of halogens is 2. The number of hydrogen-bond acceptors (Lipinski definition) is 2. The molecule has 128 valence electrons. The average Bonchev–Trinajstić information content (AvgIpc) is 3.09. The first-order valence-corrected chi connectivity index (χ1v) is 8.47. The van der Waals surface area contributed by atoms with Gasteiger partial charge < -0.3 is 14.6 Å². The summed E-state index contributed by atoms with van der Waals surface area (Å²) >= 11 is 11.5. The lowest BCUT2D eigenvalue weighted by Crippen LogP contribution is -2.33. The van der Waals surface area contributed by atoms with Gasteiger partial charge in [0.25, 0.3) is 0 Å². The van der Waals surface area contributed by atoms with Crippen molar-refractivity contribution in [3.8, 4) is 0 Å². The molecule has 0 radical (unpaired) electrons. The second-order valence-corrected chi connectivity index (χ2v) is 6.33. The van der Waals surface area contributed by atoms with Crippen molar-refractivity contribution < 1.29 is 8.81 Å². The highest BCUT2D eigenvalue weighted by Crippen LogP contribution is 2.17. The highest BCUT2D eigenvalue weighted by Gasteiger charge is 2.13. The first-order valence-electron chi connectivity index (χ1n) is 7.68. The molecule has 0 saturated heterocycles. The summed E-state index contributed by atoms with van der Waals surface area (Å²) in [5.74, 6) is 0.503. The Kier molecular flexibility index (Phi) is 5.68. The molecule has 1 heterocycles. The fourth-order valence-electron chi connectivity index (χ4n) is 2.38. The van der Waals surface area contributed by atoms with Crippen molar-refractivity contribution in [1.29, 1.82) is 0 Å². The molecule has 0 fully saturated rings. The number of nitrogens with zero attached hydrogens (tertiary/aromatic N) is 1. The van der Waals surface area contributed by atoms with Gasteiger partial charge in [-0.3, -0.25) is 0 Å². The molecule has 0 saturated carbocycles. The summed E-state index contributed by atoms with van der Waals surface area (Å²) in [5, 5.41) is 4.35. The molecule has 0 bridgehead atoms. The Labute approximate surface area is 156 Å². The number of thiocarbonyl (C=S) groups is 1. The standard InChI is InChI=1S/C19H16ClFN2OS/c20-15-6-8-17(9-7-15)22-19(25)23(13-18-5-2-10-24-18)12-14-3-1-4-16(21)11-14/h1-11H,12-13H2,(H,22,25). The van der Waals surface area contributed by atoms with E-state index in [9.17, 15) is 4.39 Å². The van der Waals surface area contributed by atoms with Crippen LogP contribution in [0.3, 0.4) is 0 Å². The quantitative estimate of drug-likeness (QED) is 0.599. The summed E-state index contributed by atoms with van der Waals surface area (Å²) in [6, 6.07) is 17.4. The Morgan fingerprint density at radius 2 is 1.88 bits per heavy atom. The van der Waals surface area contributed by atoms with Gasteiger partial charge in [0, 0.05) is 17.3 Å². The van der Waals surface area contributed by atoms with Crippen molar-refractivity contribution in [2.75, 3.05) is 5.32 Å². The molecule has 25 heavy (non-hydrogen) atoms. The number of rotatable bonds is 5. The highest BCUT2D eigenvalue weighted by molar-refractivity contribution is 7.80. The Morgan fingerprint density at radius 3 is 2.56 bits per heavy atom. The van der Waals surface area contributed by atoms with Gasteiger partial charge in [-0.1, -0.05) is 23.7 Å². The van der Waals surface area contributed by atoms with Gasteiger partial charge in [-0.2, -0.15) is 0 Å². The molecule has 0 aliphatic heterocycles. The van der Waals surface area contributed by atoms with Crippen LogP contribution in [-0.4, -0.2) is 10.0 Å². The van der Waals surface area contributed by atoms with Crippen LogP contribution in [0.25, 0.3) is 0 Å². The van der Waals surface area contributed by atoms with Gasteiger partial charge in [0.2, 0.25) is 0 Å². The third kappa shape index (κ3) is 5.05. The molecule has 0 aliphatic rings. The molecule has 6 heteroatoms. The maximum absolute atomic E-state index is 13.5. The molecule has 1 aromatic heterocycles. The molecule has 0 amide bonds. The van der Waals surface area contributed by atoms with E-state index in [1.807, 2.05) is 35.2 Å². The van der Waals surface area contributed by atoms with Crippen LogP contribution in [0.4, 0.5) is 10.1 Å². The Balaban J connectivity index is 1.77. The monoisotopic (exact) mass is 374 g/mol. The zero-order valence-electron chi connectivity index (χ0n) is 13.3. The maximum atomic E-state index is 13.5. The molecule has 0 aliphatic carbocycles. The van der Waals surface area contributed by atoms with Crippen LogP contribution in [0.1, 0.15) is 11.3 Å². The molecular weight excluding hydrogens is 359 g/mol. The van der Waals surface area contributed by atoms with Gasteiger partial charge in [-0.25, -0.2) is 4.39 Å². The highest BCUT2D eigenvalue weighted by atomic mass is 35.5.